The third kappa shape index (κ3) is 3.31. The van der Waals surface area contributed by atoms with Gasteiger partial charge in [-0.1, -0.05) is 19.9 Å². The summed E-state index contributed by atoms with van der Waals surface area (Å²) in [6, 6.07) is 0.386. The van der Waals surface area contributed by atoms with Crippen LogP contribution in [-0.2, 0) is 14.1 Å². The first-order chi connectivity index (χ1) is 13.5. The van der Waals surface area contributed by atoms with Crippen LogP contribution in [-0.4, -0.2) is 38.1 Å². The lowest BCUT2D eigenvalue weighted by atomic mass is 9.47. The average molecular weight is 419 g/mol. The lowest BCUT2D eigenvalue weighted by molar-refractivity contribution is -0.156. The molecule has 1 N–H and O–H groups in total. The van der Waals surface area contributed by atoms with Crippen LogP contribution >= 0.6 is 0 Å². The number of hydrogen-bond donors (Lipinski definition) is 1. The van der Waals surface area contributed by atoms with E-state index in [1.54, 1.807) is 0 Å². The maximum atomic E-state index is 13.0. The van der Waals surface area contributed by atoms with Crippen molar-refractivity contribution in [1.29, 1.82) is 0 Å². The van der Waals surface area contributed by atoms with Crippen molar-refractivity contribution >= 4 is 20.1 Å². The van der Waals surface area contributed by atoms with Crippen LogP contribution in [0.25, 0.3) is 0 Å². The van der Waals surface area contributed by atoms with Gasteiger partial charge >= 0.3 is 0 Å². The highest BCUT2D eigenvalue weighted by Crippen LogP contribution is 2.64. The zero-order valence-electron chi connectivity index (χ0n) is 19.0. The van der Waals surface area contributed by atoms with E-state index in [0.29, 0.717) is 36.1 Å². The molecule has 4 rings (SSSR count). The fourth-order valence-corrected chi connectivity index (χ4v) is 7.72. The fraction of sp³-hybridized carbons (Fsp3) is 0.826. The van der Waals surface area contributed by atoms with E-state index in [1.165, 1.54) is 6.42 Å². The van der Waals surface area contributed by atoms with Crippen LogP contribution in [0.1, 0.15) is 58.8 Å². The summed E-state index contributed by atoms with van der Waals surface area (Å²) in [6.45, 7) is 11.0. The molecule has 2 amide bonds. The van der Waals surface area contributed by atoms with E-state index in [2.05, 4.69) is 45.0 Å². The van der Waals surface area contributed by atoms with Crippen molar-refractivity contribution in [3.05, 3.63) is 11.6 Å². The van der Waals surface area contributed by atoms with Crippen molar-refractivity contribution in [3.63, 3.8) is 0 Å². The molecule has 5 nitrogen and oxygen atoms in total. The van der Waals surface area contributed by atoms with E-state index in [1.807, 2.05) is 11.9 Å². The van der Waals surface area contributed by atoms with Gasteiger partial charge in [-0.15, -0.1) is 0 Å². The molecule has 3 fully saturated rings. The van der Waals surface area contributed by atoms with Gasteiger partial charge in [-0.2, -0.15) is 0 Å². The quantitative estimate of drug-likeness (QED) is 0.550. The Bertz CT molecular complexity index is 745. The van der Waals surface area contributed by atoms with Crippen molar-refractivity contribution in [2.24, 2.45) is 28.6 Å². The highest BCUT2D eigenvalue weighted by Gasteiger charge is 2.60. The SMILES string of the molecule is CN1C(=O)CC[C@@]2(C)C1CC[C@@H]1[C@@H]2CC[C@]2(C)C(C(=O)NO[Si](C)(C)C)=CC[C@@H]12. The second-order valence-corrected chi connectivity index (χ2v) is 15.9. The zero-order chi connectivity index (χ0) is 21.2. The molecule has 1 aliphatic heterocycles. The summed E-state index contributed by atoms with van der Waals surface area (Å²) in [7, 11) is 0.210. The Kier molecular flexibility index (Phi) is 5.05. The predicted octanol–water partition coefficient (Wildman–Crippen LogP) is 4.27. The van der Waals surface area contributed by atoms with E-state index >= 15 is 0 Å². The summed E-state index contributed by atoms with van der Waals surface area (Å²) >= 11 is 0. The number of allylic oxidation sites excluding steroid dienone is 1. The lowest BCUT2D eigenvalue weighted by Gasteiger charge is -2.61. The summed E-state index contributed by atoms with van der Waals surface area (Å²) in [4.78, 5) is 27.3. The molecule has 0 radical (unpaired) electrons. The Morgan fingerprint density at radius 2 is 1.90 bits per heavy atom. The Morgan fingerprint density at radius 1 is 1.17 bits per heavy atom. The number of piperidine rings is 1. The van der Waals surface area contributed by atoms with Crippen molar-refractivity contribution in [1.82, 2.24) is 10.4 Å². The topological polar surface area (TPSA) is 58.6 Å². The fourth-order valence-electron chi connectivity index (χ4n) is 7.32. The van der Waals surface area contributed by atoms with Gasteiger partial charge in [0.15, 0.2) is 0 Å². The number of likely N-dealkylation sites (tertiary alicyclic amines) is 1. The Hall–Kier alpha value is -1.14. The molecule has 0 bridgehead atoms. The van der Waals surface area contributed by atoms with Gasteiger partial charge in [0.2, 0.25) is 14.2 Å². The summed E-state index contributed by atoms with van der Waals surface area (Å²) in [6.07, 6.45) is 9.41. The normalized spacial score (nSPS) is 41.9. The molecule has 6 heteroatoms. The third-order valence-electron chi connectivity index (χ3n) is 8.83. The second kappa shape index (κ2) is 6.94. The van der Waals surface area contributed by atoms with Crippen LogP contribution in [0, 0.1) is 28.6 Å². The van der Waals surface area contributed by atoms with Gasteiger partial charge in [-0.3, -0.25) is 9.59 Å². The standard InChI is InChI=1S/C23H38N2O3Si/c1-22-13-11-17-15(7-10-19-23(17,2)14-12-20(26)25(19)3)16(22)8-9-18(22)21(27)24-28-29(4,5)6/h9,15-17,19H,7-8,10-14H2,1-6H3,(H,24,27)/t15-,16-,17-,19?,22-,23+/m0/s1. The number of hydroxylamine groups is 1. The molecule has 1 heterocycles. The number of hydrogen-bond acceptors (Lipinski definition) is 3. The second-order valence-electron chi connectivity index (χ2n) is 11.4. The summed E-state index contributed by atoms with van der Waals surface area (Å²) < 4.78 is 5.70. The minimum atomic E-state index is -1.80. The van der Waals surface area contributed by atoms with Crippen molar-refractivity contribution in [2.45, 2.75) is 84.5 Å². The maximum Gasteiger partial charge on any atom is 0.270 e. The van der Waals surface area contributed by atoms with Crippen molar-refractivity contribution in [3.8, 4) is 0 Å². The smallest absolute Gasteiger partial charge is 0.270 e. The molecule has 3 aliphatic carbocycles. The molecule has 6 atom stereocenters. The van der Waals surface area contributed by atoms with Gasteiger partial charge in [0.05, 0.1) is 0 Å². The molecular weight excluding hydrogens is 380 g/mol. The third-order valence-corrected chi connectivity index (χ3v) is 9.55. The number of amides is 2. The summed E-state index contributed by atoms with van der Waals surface area (Å²) in [5.74, 6) is 2.13. The van der Waals surface area contributed by atoms with Crippen LogP contribution in [0.3, 0.4) is 0 Å². The van der Waals surface area contributed by atoms with E-state index < -0.39 is 8.32 Å². The number of nitrogens with one attached hydrogen (secondary N) is 1. The van der Waals surface area contributed by atoms with Crippen LogP contribution in [0.4, 0.5) is 0 Å². The van der Waals surface area contributed by atoms with Crippen LogP contribution in [0.2, 0.25) is 19.6 Å². The van der Waals surface area contributed by atoms with Crippen LogP contribution in [0.5, 0.6) is 0 Å². The Labute approximate surface area is 176 Å². The molecule has 2 saturated carbocycles. The molecule has 0 aromatic heterocycles. The molecule has 1 saturated heterocycles. The summed E-state index contributed by atoms with van der Waals surface area (Å²) in [5, 5.41) is 0. The van der Waals surface area contributed by atoms with Gasteiger partial charge in [-0.05, 0) is 81.3 Å². The molecular formula is C23H38N2O3Si. The minimum absolute atomic E-state index is 0.0289. The van der Waals surface area contributed by atoms with E-state index in [4.69, 9.17) is 4.53 Å². The van der Waals surface area contributed by atoms with E-state index in [9.17, 15) is 9.59 Å². The first-order valence-corrected chi connectivity index (χ1v) is 14.8. The van der Waals surface area contributed by atoms with Gasteiger partial charge < -0.3 is 9.43 Å². The lowest BCUT2D eigenvalue weighted by Crippen LogP contribution is -2.61. The van der Waals surface area contributed by atoms with Crippen LogP contribution < -0.4 is 5.48 Å². The molecule has 4 aliphatic rings. The maximum absolute atomic E-state index is 13.0. The van der Waals surface area contributed by atoms with Crippen LogP contribution in [0.15, 0.2) is 11.6 Å². The van der Waals surface area contributed by atoms with E-state index in [-0.39, 0.29) is 16.7 Å². The van der Waals surface area contributed by atoms with Gasteiger partial charge in [-0.25, -0.2) is 5.48 Å². The van der Waals surface area contributed by atoms with Gasteiger partial charge in [0.1, 0.15) is 0 Å². The van der Waals surface area contributed by atoms with E-state index in [0.717, 1.165) is 37.7 Å². The Morgan fingerprint density at radius 3 is 2.59 bits per heavy atom. The van der Waals surface area contributed by atoms with Gasteiger partial charge in [0.25, 0.3) is 5.91 Å². The summed E-state index contributed by atoms with van der Waals surface area (Å²) in [5.41, 5.74) is 3.89. The number of nitrogens with zero attached hydrogens (tertiary/aromatic N) is 1. The van der Waals surface area contributed by atoms with Crippen molar-refractivity contribution < 1.29 is 14.1 Å². The molecule has 162 valence electrons. The first kappa shape index (κ1) is 21.1. The molecule has 1 unspecified atom stereocenters. The largest absolute Gasteiger partial charge is 0.342 e. The van der Waals surface area contributed by atoms with Crippen molar-refractivity contribution in [2.75, 3.05) is 7.05 Å². The zero-order valence-corrected chi connectivity index (χ0v) is 20.0. The number of rotatable bonds is 3. The molecule has 29 heavy (non-hydrogen) atoms. The average Bonchev–Trinajstić information content (AvgIpc) is 3.00. The highest BCUT2D eigenvalue weighted by atomic mass is 28.4. The monoisotopic (exact) mass is 418 g/mol. The molecule has 0 spiro atoms. The highest BCUT2D eigenvalue weighted by molar-refractivity contribution is 6.69. The number of fused-ring (bicyclic) bond motifs is 5. The number of carbonyl (C=O) groups excluding carboxylic acids is 2. The number of carbonyl (C=O) groups is 2. The van der Waals surface area contributed by atoms with Gasteiger partial charge in [0, 0.05) is 30.5 Å². The Balaban J connectivity index is 1.53. The molecule has 0 aromatic rings. The predicted molar refractivity (Wildman–Crippen MR) is 116 cm³/mol. The first-order valence-electron chi connectivity index (χ1n) is 11.4. The minimum Gasteiger partial charge on any atom is -0.342 e. The molecule has 0 aromatic carbocycles.